The van der Waals surface area contributed by atoms with Gasteiger partial charge in [-0.3, -0.25) is 9.78 Å². The fourth-order valence-electron chi connectivity index (χ4n) is 2.57. The normalized spacial score (nSPS) is 10.6. The standard InChI is InChI=1S/C18H17FN4O/c1-12-17(18(24)21-11-15-5-3-4-10-20-15)13(2)23(22-12)16-8-6-14(19)7-9-16/h3-10H,11H2,1-2H3,(H,21,24). The first-order valence-electron chi connectivity index (χ1n) is 7.56. The van der Waals surface area contributed by atoms with Gasteiger partial charge in [-0.2, -0.15) is 5.10 Å². The second kappa shape index (κ2) is 6.62. The number of halogens is 1. The van der Waals surface area contributed by atoms with E-state index < -0.39 is 0 Å². The Morgan fingerprint density at radius 2 is 1.92 bits per heavy atom. The predicted molar refractivity (Wildman–Crippen MR) is 88.4 cm³/mol. The van der Waals surface area contributed by atoms with Gasteiger partial charge in [-0.1, -0.05) is 6.07 Å². The van der Waals surface area contributed by atoms with Gasteiger partial charge in [-0.15, -0.1) is 0 Å². The molecule has 1 N–H and O–H groups in total. The van der Waals surface area contributed by atoms with E-state index in [1.807, 2.05) is 25.1 Å². The summed E-state index contributed by atoms with van der Waals surface area (Å²) in [5, 5.41) is 7.26. The van der Waals surface area contributed by atoms with Crippen molar-refractivity contribution in [3.63, 3.8) is 0 Å². The van der Waals surface area contributed by atoms with Crippen LogP contribution < -0.4 is 5.32 Å². The summed E-state index contributed by atoms with van der Waals surface area (Å²) in [6.45, 7) is 3.95. The van der Waals surface area contributed by atoms with E-state index in [-0.39, 0.29) is 11.7 Å². The maximum absolute atomic E-state index is 13.1. The summed E-state index contributed by atoms with van der Waals surface area (Å²) in [4.78, 5) is 16.7. The third-order valence-electron chi connectivity index (χ3n) is 3.75. The Balaban J connectivity index is 1.83. The van der Waals surface area contributed by atoms with Crippen LogP contribution in [0.15, 0.2) is 48.7 Å². The monoisotopic (exact) mass is 324 g/mol. The highest BCUT2D eigenvalue weighted by atomic mass is 19.1. The number of aromatic nitrogens is 3. The molecule has 0 unspecified atom stereocenters. The van der Waals surface area contributed by atoms with Gasteiger partial charge in [-0.05, 0) is 50.2 Å². The molecule has 0 aliphatic heterocycles. The second-order valence-electron chi connectivity index (χ2n) is 5.44. The Morgan fingerprint density at radius 1 is 1.17 bits per heavy atom. The van der Waals surface area contributed by atoms with Crippen LogP contribution in [0.1, 0.15) is 27.4 Å². The van der Waals surface area contributed by atoms with Crippen LogP contribution in [0.2, 0.25) is 0 Å². The number of benzene rings is 1. The molecule has 5 nitrogen and oxygen atoms in total. The number of aryl methyl sites for hydroxylation is 1. The van der Waals surface area contributed by atoms with Gasteiger partial charge in [0.1, 0.15) is 5.82 Å². The van der Waals surface area contributed by atoms with Crippen LogP contribution >= 0.6 is 0 Å². The number of pyridine rings is 1. The Kier molecular flexibility index (Phi) is 4.37. The van der Waals surface area contributed by atoms with Crippen LogP contribution in [0.3, 0.4) is 0 Å². The lowest BCUT2D eigenvalue weighted by Gasteiger charge is -2.07. The largest absolute Gasteiger partial charge is 0.346 e. The summed E-state index contributed by atoms with van der Waals surface area (Å²) in [6.07, 6.45) is 1.69. The molecule has 0 saturated heterocycles. The van der Waals surface area contributed by atoms with E-state index in [1.54, 1.807) is 29.9 Å². The molecule has 0 radical (unpaired) electrons. The van der Waals surface area contributed by atoms with Gasteiger partial charge in [0.15, 0.2) is 0 Å². The molecule has 0 bridgehead atoms. The molecule has 3 aromatic rings. The number of carbonyl (C=O) groups is 1. The van der Waals surface area contributed by atoms with Crippen LogP contribution in [-0.4, -0.2) is 20.7 Å². The van der Waals surface area contributed by atoms with Crippen LogP contribution in [0.25, 0.3) is 5.69 Å². The molecule has 3 rings (SSSR count). The molecule has 2 aromatic heterocycles. The first kappa shape index (κ1) is 15.9. The van der Waals surface area contributed by atoms with Crippen LogP contribution in [0, 0.1) is 19.7 Å². The number of hydrogen-bond donors (Lipinski definition) is 1. The molecule has 1 aromatic carbocycles. The summed E-state index contributed by atoms with van der Waals surface area (Å²) in [5.41, 5.74) is 3.34. The van der Waals surface area contributed by atoms with Crippen molar-refractivity contribution in [2.45, 2.75) is 20.4 Å². The molecular formula is C18H17FN4O. The number of nitrogens with one attached hydrogen (secondary N) is 1. The number of amides is 1. The smallest absolute Gasteiger partial charge is 0.255 e. The zero-order valence-corrected chi connectivity index (χ0v) is 13.5. The summed E-state index contributed by atoms with van der Waals surface area (Å²) in [7, 11) is 0. The molecular weight excluding hydrogens is 307 g/mol. The van der Waals surface area contributed by atoms with E-state index >= 15 is 0 Å². The van der Waals surface area contributed by atoms with Crippen LogP contribution in [-0.2, 0) is 6.54 Å². The minimum Gasteiger partial charge on any atom is -0.346 e. The van der Waals surface area contributed by atoms with Crippen molar-refractivity contribution in [2.24, 2.45) is 0 Å². The molecule has 0 aliphatic rings. The topological polar surface area (TPSA) is 59.8 Å². The third-order valence-corrected chi connectivity index (χ3v) is 3.75. The van der Waals surface area contributed by atoms with E-state index in [0.29, 0.717) is 29.2 Å². The quantitative estimate of drug-likeness (QED) is 0.803. The molecule has 6 heteroatoms. The molecule has 1 amide bonds. The van der Waals surface area contributed by atoms with Crippen LogP contribution in [0.5, 0.6) is 0 Å². The van der Waals surface area contributed by atoms with Gasteiger partial charge in [0.05, 0.1) is 34.9 Å². The molecule has 0 spiro atoms. The molecule has 0 fully saturated rings. The molecule has 24 heavy (non-hydrogen) atoms. The SMILES string of the molecule is Cc1nn(-c2ccc(F)cc2)c(C)c1C(=O)NCc1ccccn1. The average Bonchev–Trinajstić information content (AvgIpc) is 2.89. The molecule has 122 valence electrons. The predicted octanol–water partition coefficient (Wildman–Crippen LogP) is 2.95. The number of rotatable bonds is 4. The van der Waals surface area contributed by atoms with Crippen molar-refractivity contribution in [3.8, 4) is 5.69 Å². The summed E-state index contributed by atoms with van der Waals surface area (Å²) in [6, 6.07) is 11.5. The van der Waals surface area contributed by atoms with E-state index in [0.717, 1.165) is 5.69 Å². The van der Waals surface area contributed by atoms with Gasteiger partial charge < -0.3 is 5.32 Å². The average molecular weight is 324 g/mol. The van der Waals surface area contributed by atoms with Gasteiger partial charge in [0, 0.05) is 6.20 Å². The Labute approximate surface area is 139 Å². The number of nitrogens with zero attached hydrogens (tertiary/aromatic N) is 3. The summed E-state index contributed by atoms with van der Waals surface area (Å²) < 4.78 is 14.7. The molecule has 2 heterocycles. The molecule has 0 saturated carbocycles. The van der Waals surface area contributed by atoms with Gasteiger partial charge in [-0.25, -0.2) is 9.07 Å². The van der Waals surface area contributed by atoms with Crippen molar-refractivity contribution >= 4 is 5.91 Å². The van der Waals surface area contributed by atoms with Crippen molar-refractivity contribution in [1.29, 1.82) is 0 Å². The Bertz CT molecular complexity index is 857. The van der Waals surface area contributed by atoms with Crippen molar-refractivity contribution in [3.05, 3.63) is 77.1 Å². The minimum atomic E-state index is -0.311. The Morgan fingerprint density at radius 3 is 2.58 bits per heavy atom. The van der Waals surface area contributed by atoms with E-state index in [1.165, 1.54) is 12.1 Å². The lowest BCUT2D eigenvalue weighted by molar-refractivity contribution is 0.0949. The van der Waals surface area contributed by atoms with Gasteiger partial charge >= 0.3 is 0 Å². The van der Waals surface area contributed by atoms with Crippen molar-refractivity contribution in [1.82, 2.24) is 20.1 Å². The van der Waals surface area contributed by atoms with Crippen molar-refractivity contribution < 1.29 is 9.18 Å². The summed E-state index contributed by atoms with van der Waals surface area (Å²) >= 11 is 0. The lowest BCUT2D eigenvalue weighted by Crippen LogP contribution is -2.24. The molecule has 0 aliphatic carbocycles. The highest BCUT2D eigenvalue weighted by Crippen LogP contribution is 2.18. The maximum Gasteiger partial charge on any atom is 0.255 e. The van der Waals surface area contributed by atoms with E-state index in [9.17, 15) is 9.18 Å². The highest BCUT2D eigenvalue weighted by Gasteiger charge is 2.19. The fraction of sp³-hybridized carbons (Fsp3) is 0.167. The van der Waals surface area contributed by atoms with Gasteiger partial charge in [0.2, 0.25) is 0 Å². The zero-order valence-electron chi connectivity index (χ0n) is 13.5. The van der Waals surface area contributed by atoms with E-state index in [4.69, 9.17) is 0 Å². The molecule has 0 atom stereocenters. The van der Waals surface area contributed by atoms with Crippen molar-refractivity contribution in [2.75, 3.05) is 0 Å². The maximum atomic E-state index is 13.1. The van der Waals surface area contributed by atoms with Gasteiger partial charge in [0.25, 0.3) is 5.91 Å². The number of carbonyl (C=O) groups excluding carboxylic acids is 1. The zero-order chi connectivity index (χ0) is 17.1. The van der Waals surface area contributed by atoms with Crippen LogP contribution in [0.4, 0.5) is 4.39 Å². The first-order chi connectivity index (χ1) is 11.6. The highest BCUT2D eigenvalue weighted by molar-refractivity contribution is 5.96. The Hall–Kier alpha value is -3.02. The minimum absolute atomic E-state index is 0.205. The summed E-state index contributed by atoms with van der Waals surface area (Å²) in [5.74, 6) is -0.516. The fourth-order valence-corrected chi connectivity index (χ4v) is 2.57. The number of hydrogen-bond acceptors (Lipinski definition) is 3. The lowest BCUT2D eigenvalue weighted by atomic mass is 10.2. The second-order valence-corrected chi connectivity index (χ2v) is 5.44. The first-order valence-corrected chi connectivity index (χ1v) is 7.56. The third kappa shape index (κ3) is 3.17. The van der Waals surface area contributed by atoms with E-state index in [2.05, 4.69) is 15.4 Å².